The maximum absolute atomic E-state index is 13.1. The summed E-state index contributed by atoms with van der Waals surface area (Å²) in [6.45, 7) is 10.2. The lowest BCUT2D eigenvalue weighted by Crippen LogP contribution is -2.49. The third kappa shape index (κ3) is 7.80. The Morgan fingerprint density at radius 3 is 2.17 bits per heavy atom. The predicted octanol–water partition coefficient (Wildman–Crippen LogP) is 5.24. The van der Waals surface area contributed by atoms with Crippen molar-refractivity contribution in [3.63, 3.8) is 0 Å². The summed E-state index contributed by atoms with van der Waals surface area (Å²) in [6, 6.07) is 13.8. The summed E-state index contributed by atoms with van der Waals surface area (Å²) in [4.78, 5) is 27.4. The number of hydrogen-bond donors (Lipinski definition) is 1. The maximum atomic E-state index is 13.1. The Balaban J connectivity index is 2.08. The number of amides is 2. The summed E-state index contributed by atoms with van der Waals surface area (Å²) >= 11 is 5.02. The first-order valence-corrected chi connectivity index (χ1v) is 12.1. The summed E-state index contributed by atoms with van der Waals surface area (Å²) in [5.74, 6) is 0.948. The van der Waals surface area contributed by atoms with Crippen LogP contribution in [0, 0.1) is 13.8 Å². The molecule has 1 atom stereocenters. The second-order valence-electron chi connectivity index (χ2n) is 7.98. The van der Waals surface area contributed by atoms with Gasteiger partial charge in [0.05, 0.1) is 5.75 Å². The van der Waals surface area contributed by atoms with Crippen molar-refractivity contribution in [2.24, 2.45) is 0 Å². The number of halogens is 1. The lowest BCUT2D eigenvalue weighted by atomic mass is 10.1. The Morgan fingerprint density at radius 1 is 1.00 bits per heavy atom. The molecule has 2 aromatic carbocycles. The molecule has 0 aliphatic rings. The molecular weight excluding hydrogens is 460 g/mol. The normalized spacial score (nSPS) is 12.0. The Hall–Kier alpha value is -1.79. The van der Waals surface area contributed by atoms with Gasteiger partial charge in [0.2, 0.25) is 11.8 Å². The minimum Gasteiger partial charge on any atom is -0.352 e. The van der Waals surface area contributed by atoms with Gasteiger partial charge >= 0.3 is 0 Å². The number of nitrogens with zero attached hydrogens (tertiary/aromatic N) is 1. The van der Waals surface area contributed by atoms with E-state index >= 15 is 0 Å². The van der Waals surface area contributed by atoms with Crippen LogP contribution in [0.5, 0.6) is 0 Å². The lowest BCUT2D eigenvalue weighted by Gasteiger charge is -2.29. The molecule has 0 aromatic heterocycles. The maximum Gasteiger partial charge on any atom is 0.242 e. The fourth-order valence-electron chi connectivity index (χ4n) is 3.27. The minimum atomic E-state index is -0.537. The van der Waals surface area contributed by atoms with Crippen LogP contribution < -0.4 is 5.32 Å². The molecule has 4 nitrogen and oxygen atoms in total. The molecule has 0 unspecified atom stereocenters. The summed E-state index contributed by atoms with van der Waals surface area (Å²) in [7, 11) is 0. The van der Waals surface area contributed by atoms with Crippen LogP contribution >= 0.6 is 27.7 Å². The van der Waals surface area contributed by atoms with E-state index in [1.807, 2.05) is 38.1 Å². The first-order chi connectivity index (χ1) is 14.2. The molecule has 0 heterocycles. The van der Waals surface area contributed by atoms with Gasteiger partial charge in [0, 0.05) is 22.8 Å². The number of rotatable bonds is 9. The minimum absolute atomic E-state index is 0.0290. The number of carbonyl (C=O) groups excluding carboxylic acids is 2. The molecule has 30 heavy (non-hydrogen) atoms. The number of aryl methyl sites for hydroxylation is 2. The number of benzene rings is 2. The standard InChI is InChI=1S/C24H31BrN2O2S/c1-16(2)26-24(29)19(5)27(13-20-6-8-22(25)9-7-20)23(28)15-30-14-21-11-17(3)10-18(4)12-21/h6-12,16,19H,13-15H2,1-5H3,(H,26,29)/t19-/m0/s1. The van der Waals surface area contributed by atoms with E-state index in [4.69, 9.17) is 0 Å². The molecule has 2 rings (SSSR count). The van der Waals surface area contributed by atoms with Crippen LogP contribution in [-0.2, 0) is 21.9 Å². The monoisotopic (exact) mass is 490 g/mol. The largest absolute Gasteiger partial charge is 0.352 e. The summed E-state index contributed by atoms with van der Waals surface area (Å²) in [6.07, 6.45) is 0. The summed E-state index contributed by atoms with van der Waals surface area (Å²) in [5.41, 5.74) is 4.67. The van der Waals surface area contributed by atoms with E-state index in [2.05, 4.69) is 53.3 Å². The second kappa shape index (κ2) is 11.6. The van der Waals surface area contributed by atoms with E-state index in [-0.39, 0.29) is 17.9 Å². The van der Waals surface area contributed by atoms with Gasteiger partial charge in [-0.25, -0.2) is 0 Å². The molecule has 6 heteroatoms. The third-order valence-corrected chi connectivity index (χ3v) is 6.16. The molecule has 1 N–H and O–H groups in total. The molecule has 0 aliphatic carbocycles. The van der Waals surface area contributed by atoms with Crippen LogP contribution in [0.4, 0.5) is 0 Å². The number of carbonyl (C=O) groups is 2. The van der Waals surface area contributed by atoms with E-state index in [1.165, 1.54) is 16.7 Å². The highest BCUT2D eigenvalue weighted by molar-refractivity contribution is 9.10. The van der Waals surface area contributed by atoms with Gasteiger partial charge in [0.1, 0.15) is 6.04 Å². The third-order valence-electron chi connectivity index (χ3n) is 4.64. The van der Waals surface area contributed by atoms with Crippen LogP contribution in [-0.4, -0.2) is 34.6 Å². The Bertz CT molecular complexity index is 848. The van der Waals surface area contributed by atoms with Crippen LogP contribution in [0.3, 0.4) is 0 Å². The van der Waals surface area contributed by atoms with Crippen molar-refractivity contribution in [2.45, 2.75) is 59.0 Å². The van der Waals surface area contributed by atoms with Gasteiger partial charge < -0.3 is 10.2 Å². The van der Waals surface area contributed by atoms with Crippen molar-refractivity contribution in [1.82, 2.24) is 10.2 Å². The quantitative estimate of drug-likeness (QED) is 0.522. The highest BCUT2D eigenvalue weighted by Gasteiger charge is 2.26. The van der Waals surface area contributed by atoms with Gasteiger partial charge in [0.15, 0.2) is 0 Å². The van der Waals surface area contributed by atoms with Crippen LogP contribution in [0.25, 0.3) is 0 Å². The van der Waals surface area contributed by atoms with Crippen molar-refractivity contribution in [3.8, 4) is 0 Å². The first kappa shape index (κ1) is 24.5. The second-order valence-corrected chi connectivity index (χ2v) is 9.88. The average Bonchev–Trinajstić information content (AvgIpc) is 2.65. The molecule has 2 amide bonds. The smallest absolute Gasteiger partial charge is 0.242 e. The van der Waals surface area contributed by atoms with Crippen molar-refractivity contribution in [3.05, 3.63) is 69.2 Å². The van der Waals surface area contributed by atoms with Gasteiger partial charge in [-0.15, -0.1) is 11.8 Å². The number of nitrogens with one attached hydrogen (secondary N) is 1. The molecule has 0 radical (unpaired) electrons. The van der Waals surface area contributed by atoms with Gasteiger partial charge in [-0.2, -0.15) is 0 Å². The van der Waals surface area contributed by atoms with Crippen LogP contribution in [0.15, 0.2) is 46.9 Å². The zero-order valence-corrected chi connectivity index (χ0v) is 20.8. The van der Waals surface area contributed by atoms with E-state index in [9.17, 15) is 9.59 Å². The fourth-order valence-corrected chi connectivity index (χ4v) is 4.37. The molecule has 2 aromatic rings. The molecular formula is C24H31BrN2O2S. The van der Waals surface area contributed by atoms with Crippen molar-refractivity contribution in [2.75, 3.05) is 5.75 Å². The molecule has 0 bridgehead atoms. The molecule has 0 saturated carbocycles. The Kier molecular flexibility index (Phi) is 9.43. The van der Waals surface area contributed by atoms with Gasteiger partial charge in [0.25, 0.3) is 0 Å². The van der Waals surface area contributed by atoms with Gasteiger partial charge in [-0.1, -0.05) is 57.4 Å². The Labute approximate surface area is 192 Å². The first-order valence-electron chi connectivity index (χ1n) is 10.1. The molecule has 0 saturated heterocycles. The van der Waals surface area contributed by atoms with Crippen molar-refractivity contribution < 1.29 is 9.59 Å². The topological polar surface area (TPSA) is 49.4 Å². The van der Waals surface area contributed by atoms with Crippen molar-refractivity contribution >= 4 is 39.5 Å². The zero-order valence-electron chi connectivity index (χ0n) is 18.4. The summed E-state index contributed by atoms with van der Waals surface area (Å²) < 4.78 is 0.985. The molecule has 0 spiro atoms. The van der Waals surface area contributed by atoms with Crippen LogP contribution in [0.1, 0.15) is 43.0 Å². The average molecular weight is 491 g/mol. The van der Waals surface area contributed by atoms with E-state index in [0.717, 1.165) is 15.8 Å². The molecule has 0 fully saturated rings. The zero-order chi connectivity index (χ0) is 22.3. The predicted molar refractivity (Wildman–Crippen MR) is 130 cm³/mol. The van der Waals surface area contributed by atoms with Gasteiger partial charge in [-0.3, -0.25) is 9.59 Å². The van der Waals surface area contributed by atoms with Gasteiger partial charge in [-0.05, 0) is 57.9 Å². The molecule has 162 valence electrons. The van der Waals surface area contributed by atoms with E-state index < -0.39 is 6.04 Å². The lowest BCUT2D eigenvalue weighted by molar-refractivity contribution is -0.138. The fraction of sp³-hybridized carbons (Fsp3) is 0.417. The number of hydrogen-bond acceptors (Lipinski definition) is 3. The SMILES string of the molecule is Cc1cc(C)cc(CSCC(=O)N(Cc2ccc(Br)cc2)[C@@H](C)C(=O)NC(C)C)c1. The van der Waals surface area contributed by atoms with E-state index in [1.54, 1.807) is 23.6 Å². The van der Waals surface area contributed by atoms with Crippen LogP contribution in [0.2, 0.25) is 0 Å². The highest BCUT2D eigenvalue weighted by Crippen LogP contribution is 2.19. The summed E-state index contributed by atoms with van der Waals surface area (Å²) in [5, 5.41) is 2.92. The Morgan fingerprint density at radius 2 is 1.60 bits per heavy atom. The van der Waals surface area contributed by atoms with E-state index in [0.29, 0.717) is 12.3 Å². The number of thioether (sulfide) groups is 1. The van der Waals surface area contributed by atoms with Crippen molar-refractivity contribution in [1.29, 1.82) is 0 Å². The molecule has 0 aliphatic heterocycles. The highest BCUT2D eigenvalue weighted by atomic mass is 79.9.